The fraction of sp³-hybridized carbons (Fsp3) is 0.174. The van der Waals surface area contributed by atoms with Crippen molar-refractivity contribution in [3.8, 4) is 0 Å². The van der Waals surface area contributed by atoms with E-state index in [1.54, 1.807) is 18.2 Å². The van der Waals surface area contributed by atoms with Crippen LogP contribution in [0.25, 0.3) is 0 Å². The van der Waals surface area contributed by atoms with Crippen LogP contribution in [0.15, 0.2) is 77.7 Å². The van der Waals surface area contributed by atoms with Gasteiger partial charge in [0, 0.05) is 12.6 Å². The number of carbonyl (C=O) groups is 1. The van der Waals surface area contributed by atoms with Crippen LogP contribution in [0.3, 0.4) is 0 Å². The molecule has 3 aromatic carbocycles. The highest BCUT2D eigenvalue weighted by Gasteiger charge is 2.25. The molecule has 0 fully saturated rings. The minimum atomic E-state index is -3.80. The van der Waals surface area contributed by atoms with E-state index in [1.807, 2.05) is 56.3 Å². The summed E-state index contributed by atoms with van der Waals surface area (Å²) in [6.45, 7) is 5.56. The molecule has 0 spiro atoms. The molecule has 0 bridgehead atoms. The maximum atomic E-state index is 13.5. The number of nitrogens with zero attached hydrogens (tertiary/aromatic N) is 1. The lowest BCUT2D eigenvalue weighted by molar-refractivity contribution is -0.114. The predicted octanol–water partition coefficient (Wildman–Crippen LogP) is 4.66. The fourth-order valence-corrected chi connectivity index (χ4v) is 4.44. The van der Waals surface area contributed by atoms with Crippen LogP contribution in [0, 0.1) is 13.8 Å². The number of amides is 1. The van der Waals surface area contributed by atoms with Crippen molar-refractivity contribution < 1.29 is 13.2 Å². The van der Waals surface area contributed by atoms with E-state index in [4.69, 9.17) is 0 Å². The highest BCUT2D eigenvalue weighted by atomic mass is 32.2. The summed E-state index contributed by atoms with van der Waals surface area (Å²) in [5.74, 6) is -0.207. The molecule has 0 aliphatic carbocycles. The largest absolute Gasteiger partial charge is 0.326 e. The molecule has 0 radical (unpaired) electrons. The molecule has 3 aromatic rings. The van der Waals surface area contributed by atoms with Gasteiger partial charge in [-0.15, -0.1) is 0 Å². The van der Waals surface area contributed by atoms with Gasteiger partial charge in [-0.25, -0.2) is 8.42 Å². The maximum absolute atomic E-state index is 13.5. The third-order valence-corrected chi connectivity index (χ3v) is 6.29. The Morgan fingerprint density at radius 3 is 2.14 bits per heavy atom. The SMILES string of the molecule is CC(=O)Nc1ccc(S(=O)(=O)N(Cc2ccc(C)cc2)c2cccc(C)c2)cc1. The number of benzene rings is 3. The van der Waals surface area contributed by atoms with E-state index in [1.165, 1.54) is 23.4 Å². The Balaban J connectivity index is 2.01. The van der Waals surface area contributed by atoms with Gasteiger partial charge in [0.1, 0.15) is 0 Å². The van der Waals surface area contributed by atoms with Crippen molar-refractivity contribution in [2.75, 3.05) is 9.62 Å². The lowest BCUT2D eigenvalue weighted by atomic mass is 10.1. The van der Waals surface area contributed by atoms with Crippen molar-refractivity contribution in [3.63, 3.8) is 0 Å². The Bertz CT molecular complexity index is 1110. The Kier molecular flexibility index (Phi) is 6.03. The molecule has 6 heteroatoms. The van der Waals surface area contributed by atoms with Crippen molar-refractivity contribution in [2.45, 2.75) is 32.2 Å². The van der Waals surface area contributed by atoms with Gasteiger partial charge in [-0.1, -0.05) is 42.0 Å². The van der Waals surface area contributed by atoms with Gasteiger partial charge in [-0.05, 0) is 61.4 Å². The molecular formula is C23H24N2O3S. The monoisotopic (exact) mass is 408 g/mol. The number of hydrogen-bond donors (Lipinski definition) is 1. The van der Waals surface area contributed by atoms with E-state index in [0.717, 1.165) is 16.7 Å². The van der Waals surface area contributed by atoms with E-state index >= 15 is 0 Å². The van der Waals surface area contributed by atoms with Crippen molar-refractivity contribution in [1.29, 1.82) is 0 Å². The average molecular weight is 409 g/mol. The lowest BCUT2D eigenvalue weighted by Crippen LogP contribution is -2.30. The zero-order valence-corrected chi connectivity index (χ0v) is 17.5. The molecule has 0 aliphatic heterocycles. The Hall–Kier alpha value is -3.12. The zero-order valence-electron chi connectivity index (χ0n) is 16.7. The Labute approximate surface area is 172 Å². The smallest absolute Gasteiger partial charge is 0.264 e. The molecule has 29 heavy (non-hydrogen) atoms. The van der Waals surface area contributed by atoms with Gasteiger partial charge in [0.25, 0.3) is 10.0 Å². The molecule has 0 unspecified atom stereocenters. The first-order valence-corrected chi connectivity index (χ1v) is 10.7. The molecule has 1 amide bonds. The third kappa shape index (κ3) is 5.03. The van der Waals surface area contributed by atoms with Crippen LogP contribution in [0.5, 0.6) is 0 Å². The molecule has 5 nitrogen and oxygen atoms in total. The normalized spacial score (nSPS) is 11.1. The second-order valence-electron chi connectivity index (χ2n) is 7.04. The average Bonchev–Trinajstić information content (AvgIpc) is 2.67. The fourth-order valence-electron chi connectivity index (χ4n) is 3.00. The molecule has 0 saturated heterocycles. The number of carbonyl (C=O) groups excluding carboxylic acids is 1. The summed E-state index contributed by atoms with van der Waals surface area (Å²) in [5.41, 5.74) is 4.16. The van der Waals surface area contributed by atoms with Gasteiger partial charge >= 0.3 is 0 Å². The van der Waals surface area contributed by atoms with Gasteiger partial charge in [-0.2, -0.15) is 0 Å². The molecular weight excluding hydrogens is 384 g/mol. The summed E-state index contributed by atoms with van der Waals surface area (Å²) in [4.78, 5) is 11.4. The van der Waals surface area contributed by atoms with Crippen LogP contribution >= 0.6 is 0 Å². The summed E-state index contributed by atoms with van der Waals surface area (Å²) < 4.78 is 28.4. The molecule has 0 saturated carbocycles. The standard InChI is InChI=1S/C23H24N2O3S/c1-17-7-9-20(10-8-17)16-25(22-6-4-5-18(2)15-22)29(27,28)23-13-11-21(12-14-23)24-19(3)26/h4-15H,16H2,1-3H3,(H,24,26). The number of anilines is 2. The van der Waals surface area contributed by atoms with E-state index in [2.05, 4.69) is 5.32 Å². The number of aryl methyl sites for hydroxylation is 2. The van der Waals surface area contributed by atoms with Gasteiger partial charge in [0.05, 0.1) is 17.1 Å². The molecule has 0 atom stereocenters. The van der Waals surface area contributed by atoms with E-state index in [0.29, 0.717) is 11.4 Å². The van der Waals surface area contributed by atoms with E-state index in [-0.39, 0.29) is 17.3 Å². The highest BCUT2D eigenvalue weighted by Crippen LogP contribution is 2.27. The van der Waals surface area contributed by atoms with Gasteiger partial charge in [-0.3, -0.25) is 9.10 Å². The predicted molar refractivity (Wildman–Crippen MR) is 116 cm³/mol. The summed E-state index contributed by atoms with van der Waals surface area (Å²) in [7, 11) is -3.80. The van der Waals surface area contributed by atoms with Crippen LogP contribution in [-0.2, 0) is 21.4 Å². The Morgan fingerprint density at radius 2 is 1.55 bits per heavy atom. The molecule has 0 heterocycles. The van der Waals surface area contributed by atoms with E-state index in [9.17, 15) is 13.2 Å². The summed E-state index contributed by atoms with van der Waals surface area (Å²) in [6, 6.07) is 21.5. The first kappa shape index (κ1) is 20.6. The van der Waals surface area contributed by atoms with Crippen molar-refractivity contribution in [3.05, 3.63) is 89.5 Å². The number of nitrogens with one attached hydrogen (secondary N) is 1. The van der Waals surface area contributed by atoms with Gasteiger partial charge in [0.2, 0.25) is 5.91 Å². The number of rotatable bonds is 6. The van der Waals surface area contributed by atoms with Crippen LogP contribution in [0.2, 0.25) is 0 Å². The number of sulfonamides is 1. The molecule has 0 aromatic heterocycles. The lowest BCUT2D eigenvalue weighted by Gasteiger charge is -2.25. The molecule has 3 rings (SSSR count). The molecule has 0 aliphatic rings. The van der Waals surface area contributed by atoms with Crippen LogP contribution < -0.4 is 9.62 Å². The second kappa shape index (κ2) is 8.49. The van der Waals surface area contributed by atoms with Gasteiger partial charge in [0.15, 0.2) is 0 Å². The molecule has 150 valence electrons. The number of hydrogen-bond acceptors (Lipinski definition) is 3. The summed E-state index contributed by atoms with van der Waals surface area (Å²) in [5, 5.41) is 2.65. The minimum absolute atomic E-state index is 0.167. The summed E-state index contributed by atoms with van der Waals surface area (Å²) >= 11 is 0. The van der Waals surface area contributed by atoms with Crippen LogP contribution in [-0.4, -0.2) is 14.3 Å². The Morgan fingerprint density at radius 1 is 0.897 bits per heavy atom. The topological polar surface area (TPSA) is 66.5 Å². The third-order valence-electron chi connectivity index (χ3n) is 4.50. The van der Waals surface area contributed by atoms with Crippen molar-refractivity contribution in [1.82, 2.24) is 0 Å². The van der Waals surface area contributed by atoms with Crippen LogP contribution in [0.1, 0.15) is 23.6 Å². The maximum Gasteiger partial charge on any atom is 0.264 e. The first-order valence-electron chi connectivity index (χ1n) is 9.28. The van der Waals surface area contributed by atoms with Crippen molar-refractivity contribution >= 4 is 27.3 Å². The van der Waals surface area contributed by atoms with Gasteiger partial charge < -0.3 is 5.32 Å². The quantitative estimate of drug-likeness (QED) is 0.645. The van der Waals surface area contributed by atoms with E-state index < -0.39 is 10.0 Å². The van der Waals surface area contributed by atoms with Crippen molar-refractivity contribution in [2.24, 2.45) is 0 Å². The first-order chi connectivity index (χ1) is 13.8. The second-order valence-corrected chi connectivity index (χ2v) is 8.90. The highest BCUT2D eigenvalue weighted by molar-refractivity contribution is 7.92. The molecule has 1 N–H and O–H groups in total. The van der Waals surface area contributed by atoms with Crippen LogP contribution in [0.4, 0.5) is 11.4 Å². The minimum Gasteiger partial charge on any atom is -0.326 e. The summed E-state index contributed by atoms with van der Waals surface area (Å²) in [6.07, 6.45) is 0. The zero-order chi connectivity index (χ0) is 21.0.